The standard InChI is InChI=1S/C12H9N3O2S/c13-7-1-2-9-10(3-7)12(17)15(11(9)16)4-8-5-18-6-14-8/h1-3,5-6H,4,13H2. The largest absolute Gasteiger partial charge is 0.399 e. The summed E-state index contributed by atoms with van der Waals surface area (Å²) in [7, 11) is 0. The molecule has 2 heterocycles. The number of nitrogens with zero attached hydrogens (tertiary/aromatic N) is 2. The molecule has 90 valence electrons. The number of fused-ring (bicyclic) bond motifs is 1. The van der Waals surface area contributed by atoms with Gasteiger partial charge in [-0.3, -0.25) is 14.5 Å². The van der Waals surface area contributed by atoms with Gasteiger partial charge in [0, 0.05) is 11.1 Å². The number of nitrogens with two attached hydrogens (primary N) is 1. The summed E-state index contributed by atoms with van der Waals surface area (Å²) in [6, 6.07) is 4.75. The van der Waals surface area contributed by atoms with Crippen molar-refractivity contribution in [2.75, 3.05) is 5.73 Å². The zero-order valence-electron chi connectivity index (χ0n) is 9.29. The lowest BCUT2D eigenvalue weighted by atomic mass is 10.1. The van der Waals surface area contributed by atoms with Crippen molar-refractivity contribution >= 4 is 28.8 Å². The van der Waals surface area contributed by atoms with Crippen LogP contribution in [0, 0.1) is 0 Å². The molecule has 0 bridgehead atoms. The fraction of sp³-hybridized carbons (Fsp3) is 0.0833. The van der Waals surface area contributed by atoms with Crippen molar-refractivity contribution in [2.24, 2.45) is 0 Å². The van der Waals surface area contributed by atoms with Gasteiger partial charge in [-0.1, -0.05) is 0 Å². The molecule has 0 unspecified atom stereocenters. The summed E-state index contributed by atoms with van der Waals surface area (Å²) < 4.78 is 0. The Balaban J connectivity index is 1.97. The van der Waals surface area contributed by atoms with Crippen molar-refractivity contribution in [1.82, 2.24) is 9.88 Å². The SMILES string of the molecule is Nc1ccc2c(c1)C(=O)N(Cc1cscn1)C2=O. The zero-order valence-corrected chi connectivity index (χ0v) is 10.1. The number of carbonyl (C=O) groups is 2. The maximum Gasteiger partial charge on any atom is 0.261 e. The number of hydrogen-bond acceptors (Lipinski definition) is 5. The second-order valence-corrected chi connectivity index (χ2v) is 4.70. The van der Waals surface area contributed by atoms with Gasteiger partial charge in [0.05, 0.1) is 28.9 Å². The Morgan fingerprint density at radius 3 is 2.72 bits per heavy atom. The van der Waals surface area contributed by atoms with Crippen LogP contribution in [-0.4, -0.2) is 21.7 Å². The van der Waals surface area contributed by atoms with Gasteiger partial charge < -0.3 is 5.73 Å². The molecule has 1 aromatic carbocycles. The number of nitrogen functional groups attached to an aromatic ring is 1. The molecule has 5 nitrogen and oxygen atoms in total. The van der Waals surface area contributed by atoms with Gasteiger partial charge in [0.1, 0.15) is 0 Å². The number of hydrogen-bond donors (Lipinski definition) is 1. The van der Waals surface area contributed by atoms with E-state index in [9.17, 15) is 9.59 Å². The number of amides is 2. The predicted molar refractivity (Wildman–Crippen MR) is 67.2 cm³/mol. The molecule has 1 aromatic heterocycles. The van der Waals surface area contributed by atoms with Crippen LogP contribution in [0.1, 0.15) is 26.4 Å². The smallest absolute Gasteiger partial charge is 0.261 e. The van der Waals surface area contributed by atoms with E-state index < -0.39 is 0 Å². The van der Waals surface area contributed by atoms with E-state index >= 15 is 0 Å². The average Bonchev–Trinajstić information content (AvgIpc) is 2.93. The van der Waals surface area contributed by atoms with Gasteiger partial charge in [-0.05, 0) is 18.2 Å². The summed E-state index contributed by atoms with van der Waals surface area (Å²) in [4.78, 5) is 29.5. The van der Waals surface area contributed by atoms with Crippen molar-refractivity contribution < 1.29 is 9.59 Å². The van der Waals surface area contributed by atoms with Crippen LogP contribution in [0.25, 0.3) is 0 Å². The van der Waals surface area contributed by atoms with Crippen LogP contribution in [0.15, 0.2) is 29.1 Å². The summed E-state index contributed by atoms with van der Waals surface area (Å²) >= 11 is 1.43. The highest BCUT2D eigenvalue weighted by Crippen LogP contribution is 2.26. The third-order valence-corrected chi connectivity index (χ3v) is 3.43. The molecule has 0 spiro atoms. The van der Waals surface area contributed by atoms with Gasteiger partial charge in [0.2, 0.25) is 0 Å². The second kappa shape index (κ2) is 3.92. The molecule has 0 aliphatic carbocycles. The van der Waals surface area contributed by atoms with Crippen LogP contribution in [-0.2, 0) is 6.54 Å². The molecule has 2 aromatic rings. The predicted octanol–water partition coefficient (Wildman–Crippen LogP) is 1.52. The monoisotopic (exact) mass is 259 g/mol. The summed E-state index contributed by atoms with van der Waals surface area (Å²) in [5.41, 5.74) is 9.26. The molecule has 18 heavy (non-hydrogen) atoms. The summed E-state index contributed by atoms with van der Waals surface area (Å²) in [5.74, 6) is -0.599. The lowest BCUT2D eigenvalue weighted by Crippen LogP contribution is -2.29. The number of carbonyl (C=O) groups excluding carboxylic acids is 2. The van der Waals surface area contributed by atoms with Crippen molar-refractivity contribution in [3.63, 3.8) is 0 Å². The third kappa shape index (κ3) is 1.58. The van der Waals surface area contributed by atoms with Crippen molar-refractivity contribution in [1.29, 1.82) is 0 Å². The van der Waals surface area contributed by atoms with Gasteiger partial charge in [-0.2, -0.15) is 0 Å². The third-order valence-electron chi connectivity index (χ3n) is 2.80. The number of thiazole rings is 1. The Morgan fingerprint density at radius 1 is 1.22 bits per heavy atom. The van der Waals surface area contributed by atoms with E-state index in [1.807, 2.05) is 5.38 Å². The molecular formula is C12H9N3O2S. The molecule has 0 saturated heterocycles. The molecule has 0 atom stereocenters. The molecular weight excluding hydrogens is 250 g/mol. The van der Waals surface area contributed by atoms with Gasteiger partial charge >= 0.3 is 0 Å². The highest BCUT2D eigenvalue weighted by molar-refractivity contribution is 7.07. The van der Waals surface area contributed by atoms with Crippen LogP contribution < -0.4 is 5.73 Å². The number of aromatic nitrogens is 1. The fourth-order valence-electron chi connectivity index (χ4n) is 1.93. The van der Waals surface area contributed by atoms with E-state index in [0.29, 0.717) is 22.5 Å². The Bertz CT molecular complexity index is 637. The Hall–Kier alpha value is -2.21. The average molecular weight is 259 g/mol. The first-order chi connectivity index (χ1) is 8.66. The highest BCUT2D eigenvalue weighted by Gasteiger charge is 2.35. The van der Waals surface area contributed by atoms with E-state index in [-0.39, 0.29) is 18.4 Å². The van der Waals surface area contributed by atoms with Gasteiger partial charge in [-0.15, -0.1) is 11.3 Å². The van der Waals surface area contributed by atoms with Gasteiger partial charge in [0.15, 0.2) is 0 Å². The zero-order chi connectivity index (χ0) is 12.7. The van der Waals surface area contributed by atoms with Crippen LogP contribution >= 0.6 is 11.3 Å². The second-order valence-electron chi connectivity index (χ2n) is 3.98. The summed E-state index contributed by atoms with van der Waals surface area (Å²) in [6.45, 7) is 0.204. The molecule has 2 N–H and O–H groups in total. The van der Waals surface area contributed by atoms with E-state index in [1.165, 1.54) is 22.3 Å². The minimum Gasteiger partial charge on any atom is -0.399 e. The molecule has 3 rings (SSSR count). The van der Waals surface area contributed by atoms with E-state index in [1.54, 1.807) is 17.6 Å². The van der Waals surface area contributed by atoms with E-state index in [0.717, 1.165) is 0 Å². The molecule has 0 saturated carbocycles. The first-order valence-electron chi connectivity index (χ1n) is 5.29. The quantitative estimate of drug-likeness (QED) is 0.655. The number of rotatable bonds is 2. The lowest BCUT2D eigenvalue weighted by Gasteiger charge is -2.11. The lowest BCUT2D eigenvalue weighted by molar-refractivity contribution is 0.0640. The minimum atomic E-state index is -0.310. The van der Waals surface area contributed by atoms with Crippen LogP contribution in [0.4, 0.5) is 5.69 Å². The number of benzene rings is 1. The number of imide groups is 1. The molecule has 1 aliphatic rings. The molecule has 1 aliphatic heterocycles. The fourth-order valence-corrected chi connectivity index (χ4v) is 2.48. The number of anilines is 1. The molecule has 2 amide bonds. The van der Waals surface area contributed by atoms with Crippen LogP contribution in [0.3, 0.4) is 0 Å². The molecule has 6 heteroatoms. The van der Waals surface area contributed by atoms with Crippen molar-refractivity contribution in [2.45, 2.75) is 6.54 Å². The highest BCUT2D eigenvalue weighted by atomic mass is 32.1. The normalized spacial score (nSPS) is 14.1. The van der Waals surface area contributed by atoms with Crippen LogP contribution in [0.2, 0.25) is 0 Å². The first-order valence-corrected chi connectivity index (χ1v) is 6.24. The maximum atomic E-state index is 12.1. The minimum absolute atomic E-state index is 0.204. The van der Waals surface area contributed by atoms with Crippen molar-refractivity contribution in [3.05, 3.63) is 45.9 Å². The topological polar surface area (TPSA) is 76.3 Å². The van der Waals surface area contributed by atoms with Gasteiger partial charge in [0.25, 0.3) is 11.8 Å². The Labute approximate surface area is 107 Å². The van der Waals surface area contributed by atoms with Gasteiger partial charge in [-0.25, -0.2) is 4.98 Å². The first kappa shape index (κ1) is 10.9. The maximum absolute atomic E-state index is 12.1. The Kier molecular flexibility index (Phi) is 2.38. The summed E-state index contributed by atoms with van der Waals surface area (Å²) in [5, 5.41) is 1.82. The molecule has 0 radical (unpaired) electrons. The van der Waals surface area contributed by atoms with E-state index in [2.05, 4.69) is 4.98 Å². The van der Waals surface area contributed by atoms with E-state index in [4.69, 9.17) is 5.73 Å². The van der Waals surface area contributed by atoms with Crippen molar-refractivity contribution in [3.8, 4) is 0 Å². The van der Waals surface area contributed by atoms with Crippen LogP contribution in [0.5, 0.6) is 0 Å². The summed E-state index contributed by atoms with van der Waals surface area (Å²) in [6.07, 6.45) is 0. The molecule has 0 fully saturated rings. The Morgan fingerprint density at radius 2 is 2.00 bits per heavy atom.